The fourth-order valence-corrected chi connectivity index (χ4v) is 7.23. The van der Waals surface area contributed by atoms with Crippen LogP contribution >= 0.6 is 22.9 Å². The molecule has 1 saturated carbocycles. The molecule has 2 heterocycles. The number of hydrogen-bond donors (Lipinski definition) is 2. The second kappa shape index (κ2) is 11.8. The molecule has 12 heteroatoms. The van der Waals surface area contributed by atoms with Crippen molar-refractivity contribution in [3.8, 4) is 0 Å². The van der Waals surface area contributed by atoms with Gasteiger partial charge in [0.2, 0.25) is 0 Å². The molecule has 188 valence electrons. The first-order valence-electron chi connectivity index (χ1n) is 11.0. The minimum Gasteiger partial charge on any atom is -0.483 e. The van der Waals surface area contributed by atoms with Crippen LogP contribution in [0.25, 0.3) is 0 Å². The fourth-order valence-electron chi connectivity index (χ4n) is 4.60. The molecular formula is C22H30ClFN4O4S2. The van der Waals surface area contributed by atoms with Crippen LogP contribution in [0.5, 0.6) is 0 Å². The number of sulfone groups is 1. The molecule has 1 aliphatic heterocycles. The summed E-state index contributed by atoms with van der Waals surface area (Å²) in [6.07, 6.45) is 5.86. The highest BCUT2D eigenvalue weighted by Gasteiger charge is 2.36. The second-order valence-corrected chi connectivity index (χ2v) is 12.0. The number of halogens is 2. The van der Waals surface area contributed by atoms with Crippen LogP contribution < -0.4 is 5.32 Å². The number of likely N-dealkylation sites (tertiary alicyclic amines) is 1. The molecular weight excluding hydrogens is 503 g/mol. The molecule has 0 unspecified atom stereocenters. The Bertz CT molecular complexity index is 1070. The summed E-state index contributed by atoms with van der Waals surface area (Å²) in [5, 5.41) is 12.7. The van der Waals surface area contributed by atoms with Crippen LogP contribution in [0.15, 0.2) is 28.6 Å². The normalized spacial score (nSPS) is 21.4. The van der Waals surface area contributed by atoms with Gasteiger partial charge in [-0.2, -0.15) is 0 Å². The van der Waals surface area contributed by atoms with Crippen molar-refractivity contribution in [2.45, 2.75) is 54.5 Å². The molecule has 0 radical (unpaired) electrons. The lowest BCUT2D eigenvalue weighted by atomic mass is 9.87. The molecule has 2 atom stereocenters. The Balaban J connectivity index is 0.00000103. The van der Waals surface area contributed by atoms with Crippen LogP contribution in [0.4, 0.5) is 10.1 Å². The Hall–Kier alpha value is -1.79. The summed E-state index contributed by atoms with van der Waals surface area (Å²) in [4.78, 5) is 16.7. The van der Waals surface area contributed by atoms with E-state index in [1.165, 1.54) is 36.1 Å². The van der Waals surface area contributed by atoms with Crippen LogP contribution in [0.1, 0.15) is 30.7 Å². The Morgan fingerprint density at radius 2 is 2.03 bits per heavy atom. The molecule has 34 heavy (non-hydrogen) atoms. The van der Waals surface area contributed by atoms with Gasteiger partial charge in [0.05, 0.1) is 10.7 Å². The first-order chi connectivity index (χ1) is 16.2. The van der Waals surface area contributed by atoms with Gasteiger partial charge in [0.15, 0.2) is 9.84 Å². The number of nitrogens with zero attached hydrogens (tertiary/aromatic N) is 3. The molecule has 2 fully saturated rings. The van der Waals surface area contributed by atoms with Crippen molar-refractivity contribution in [1.82, 2.24) is 14.8 Å². The second-order valence-electron chi connectivity index (χ2n) is 8.70. The molecule has 0 bridgehead atoms. The van der Waals surface area contributed by atoms with Crippen molar-refractivity contribution in [2.24, 2.45) is 0 Å². The molecule has 2 aliphatic rings. The highest BCUT2D eigenvalue weighted by atomic mass is 35.5. The minimum atomic E-state index is -3.87. The van der Waals surface area contributed by atoms with Crippen LogP contribution in [0, 0.1) is 5.82 Å². The zero-order valence-electron chi connectivity index (χ0n) is 19.2. The van der Waals surface area contributed by atoms with E-state index in [1.807, 2.05) is 0 Å². The maximum absolute atomic E-state index is 14.9. The molecule has 8 nitrogen and oxygen atoms in total. The molecule has 1 aliphatic carbocycles. The van der Waals surface area contributed by atoms with E-state index in [4.69, 9.17) is 21.5 Å². The molecule has 1 saturated heterocycles. The third-order valence-electron chi connectivity index (χ3n) is 6.37. The largest absolute Gasteiger partial charge is 0.483 e. The van der Waals surface area contributed by atoms with E-state index < -0.39 is 15.7 Å². The average molecular weight is 533 g/mol. The van der Waals surface area contributed by atoms with Crippen molar-refractivity contribution in [2.75, 3.05) is 32.5 Å². The van der Waals surface area contributed by atoms with E-state index >= 15 is 0 Å². The first-order valence-corrected chi connectivity index (χ1v) is 13.9. The highest BCUT2D eigenvalue weighted by Crippen LogP contribution is 2.34. The standard InChI is InChI=1S/C21H28ClFN4O2S2.CH2O2/c1-26-11-14(12-26)27(2)19-6-4-3-5-17(19)25-18-10-16(23)20(9-15(18)22)31(28,29)13-21-24-7-8-30-21;2-1-3/h7-10,14,17,19,25H,3-6,11-13H2,1-2H3;1H,(H,2,3)/t17-,19-;/m0./s1. The summed E-state index contributed by atoms with van der Waals surface area (Å²) in [6, 6.07) is 3.45. The molecule has 1 aromatic carbocycles. The Morgan fingerprint density at radius 1 is 1.35 bits per heavy atom. The Kier molecular flexibility index (Phi) is 9.27. The van der Waals surface area contributed by atoms with Crippen LogP contribution in [-0.2, 0) is 20.4 Å². The van der Waals surface area contributed by atoms with Gasteiger partial charge >= 0.3 is 0 Å². The molecule has 2 aromatic rings. The van der Waals surface area contributed by atoms with Crippen LogP contribution in [-0.4, -0.2) is 80.1 Å². The topological polar surface area (TPSA) is 103 Å². The zero-order valence-corrected chi connectivity index (χ0v) is 21.5. The van der Waals surface area contributed by atoms with Crippen molar-refractivity contribution < 1.29 is 22.7 Å². The lowest BCUT2D eigenvalue weighted by molar-refractivity contribution is -0.122. The number of rotatable bonds is 7. The van der Waals surface area contributed by atoms with Gasteiger partial charge in [0.1, 0.15) is 21.5 Å². The highest BCUT2D eigenvalue weighted by molar-refractivity contribution is 7.90. The maximum atomic E-state index is 14.9. The Labute approximate surface area is 208 Å². The number of hydrogen-bond acceptors (Lipinski definition) is 8. The summed E-state index contributed by atoms with van der Waals surface area (Å²) in [5.74, 6) is -1.12. The molecule has 0 spiro atoms. The predicted octanol–water partition coefficient (Wildman–Crippen LogP) is 3.58. The fraction of sp³-hybridized carbons (Fsp3) is 0.545. The van der Waals surface area contributed by atoms with E-state index in [0.717, 1.165) is 32.4 Å². The van der Waals surface area contributed by atoms with Crippen molar-refractivity contribution in [3.63, 3.8) is 0 Å². The van der Waals surface area contributed by atoms with Gasteiger partial charge < -0.3 is 15.3 Å². The van der Waals surface area contributed by atoms with Crippen LogP contribution in [0.2, 0.25) is 5.02 Å². The number of likely N-dealkylation sites (N-methyl/N-ethyl adjacent to an activating group) is 2. The predicted molar refractivity (Wildman–Crippen MR) is 132 cm³/mol. The van der Waals surface area contributed by atoms with Gasteiger partial charge in [-0.25, -0.2) is 17.8 Å². The number of carbonyl (C=O) groups is 1. The number of benzene rings is 1. The minimum absolute atomic E-state index is 0.138. The summed E-state index contributed by atoms with van der Waals surface area (Å²) in [6.45, 7) is 1.86. The van der Waals surface area contributed by atoms with E-state index in [0.29, 0.717) is 22.8 Å². The van der Waals surface area contributed by atoms with Crippen molar-refractivity contribution in [3.05, 3.63) is 39.6 Å². The molecule has 4 rings (SSSR count). The van der Waals surface area contributed by atoms with Gasteiger partial charge in [-0.1, -0.05) is 24.4 Å². The van der Waals surface area contributed by atoms with Gasteiger partial charge in [0.25, 0.3) is 6.47 Å². The molecule has 0 amide bonds. The molecule has 1 aromatic heterocycles. The van der Waals surface area contributed by atoms with Gasteiger partial charge in [-0.15, -0.1) is 11.3 Å². The number of aromatic nitrogens is 1. The van der Waals surface area contributed by atoms with Gasteiger partial charge in [0, 0.05) is 42.8 Å². The van der Waals surface area contributed by atoms with E-state index in [9.17, 15) is 12.8 Å². The summed E-state index contributed by atoms with van der Waals surface area (Å²) >= 11 is 7.66. The lowest BCUT2D eigenvalue weighted by Gasteiger charge is -2.48. The summed E-state index contributed by atoms with van der Waals surface area (Å²) < 4.78 is 40.3. The van der Waals surface area contributed by atoms with Crippen molar-refractivity contribution >= 4 is 44.9 Å². The van der Waals surface area contributed by atoms with Gasteiger partial charge in [-0.05, 0) is 39.1 Å². The smallest absolute Gasteiger partial charge is 0.290 e. The number of nitrogens with one attached hydrogen (secondary N) is 1. The summed E-state index contributed by atoms with van der Waals surface area (Å²) in [7, 11) is 0.409. The third kappa shape index (κ3) is 6.45. The number of carboxylic acid groups (broad SMARTS) is 1. The average Bonchev–Trinajstić information content (AvgIpc) is 3.26. The summed E-state index contributed by atoms with van der Waals surface area (Å²) in [5.41, 5.74) is 0.448. The third-order valence-corrected chi connectivity index (χ3v) is 9.28. The van der Waals surface area contributed by atoms with Gasteiger partial charge in [-0.3, -0.25) is 9.69 Å². The van der Waals surface area contributed by atoms with E-state index in [-0.39, 0.29) is 28.2 Å². The van der Waals surface area contributed by atoms with Crippen molar-refractivity contribution in [1.29, 1.82) is 0 Å². The van der Waals surface area contributed by atoms with E-state index in [1.54, 1.807) is 5.38 Å². The van der Waals surface area contributed by atoms with E-state index in [2.05, 4.69) is 34.2 Å². The lowest BCUT2D eigenvalue weighted by Crippen LogP contribution is -2.62. The van der Waals surface area contributed by atoms with Crippen LogP contribution in [0.3, 0.4) is 0 Å². The Morgan fingerprint density at radius 3 is 2.65 bits per heavy atom. The monoisotopic (exact) mass is 532 g/mol. The zero-order chi connectivity index (χ0) is 24.9. The number of anilines is 1. The molecule has 2 N–H and O–H groups in total. The maximum Gasteiger partial charge on any atom is 0.290 e. The first kappa shape index (κ1) is 26.8. The quantitative estimate of drug-likeness (QED) is 0.522. The number of thiazole rings is 1. The SMILES string of the molecule is CN1CC(N(C)[C@H]2CCCC[C@@H]2Nc2cc(F)c(S(=O)(=O)Cc3nccs3)cc2Cl)C1.O=CO.